The van der Waals surface area contributed by atoms with Gasteiger partial charge in [-0.05, 0) is 73.5 Å². The maximum Gasteiger partial charge on any atom is 0.174 e. The normalized spacial score (nSPS) is 14.1. The third kappa shape index (κ3) is 4.53. The summed E-state index contributed by atoms with van der Waals surface area (Å²) in [7, 11) is 0. The zero-order chi connectivity index (χ0) is 34.6. The number of halogens is 1. The van der Waals surface area contributed by atoms with Gasteiger partial charge in [-0.3, -0.25) is 4.90 Å². The quantitative estimate of drug-likeness (QED) is 0.126. The van der Waals surface area contributed by atoms with Gasteiger partial charge in [0.25, 0.3) is 0 Å². The average molecular weight is 824 g/mol. The number of nitrogens with zero attached hydrogens (tertiary/aromatic N) is 3. The van der Waals surface area contributed by atoms with Crippen LogP contribution in [0, 0.1) is 0 Å². The van der Waals surface area contributed by atoms with Crippen LogP contribution in [-0.4, -0.2) is 13.3 Å². The van der Waals surface area contributed by atoms with E-state index in [9.17, 15) is 0 Å². The Balaban J connectivity index is 1.14. The molecule has 12 rings (SSSR count). The molecule has 0 N–H and O–H groups in total. The van der Waals surface area contributed by atoms with Gasteiger partial charge in [0.15, 0.2) is 9.68 Å². The predicted octanol–water partition coefficient (Wildman–Crippen LogP) is 13.8. The fourth-order valence-electron chi connectivity index (χ4n) is 8.14. The molecule has 0 bridgehead atoms. The summed E-state index contributed by atoms with van der Waals surface area (Å²) in [4.78, 5) is 13.6. The number of hydrogen-bond donors (Lipinski definition) is 0. The molecule has 0 saturated heterocycles. The van der Waals surface area contributed by atoms with Gasteiger partial charge in [-0.1, -0.05) is 121 Å². The second kappa shape index (κ2) is 11.5. The molecule has 0 atom stereocenters. The van der Waals surface area contributed by atoms with Crippen molar-refractivity contribution in [2.45, 2.75) is 0 Å². The fraction of sp³-hybridized carbons (Fsp3) is 0. The van der Waals surface area contributed by atoms with Crippen molar-refractivity contribution in [3.05, 3.63) is 169 Å². The lowest BCUT2D eigenvalue weighted by Crippen LogP contribution is -2.28. The van der Waals surface area contributed by atoms with Gasteiger partial charge in [0, 0.05) is 67.8 Å². The van der Waals surface area contributed by atoms with E-state index >= 15 is 0 Å². The van der Waals surface area contributed by atoms with Gasteiger partial charge in [0.2, 0.25) is 0 Å². The molecule has 2 aliphatic rings. The number of rotatable bonds is 2. The first kappa shape index (κ1) is 30.0. The van der Waals surface area contributed by atoms with Crippen LogP contribution in [0.3, 0.4) is 0 Å². The molecular formula is C47H26IN3S2. The van der Waals surface area contributed by atoms with E-state index in [0.717, 1.165) is 18.9 Å². The summed E-state index contributed by atoms with van der Waals surface area (Å²) in [6.45, 7) is 0. The largest absolute Gasteiger partial charge is 0.288 e. The van der Waals surface area contributed by atoms with Crippen molar-refractivity contribution < 1.29 is 0 Å². The zero-order valence-corrected chi connectivity index (χ0v) is 31.8. The molecule has 6 heteroatoms. The maximum atomic E-state index is 5.61. The third-order valence-electron chi connectivity index (χ3n) is 10.6. The van der Waals surface area contributed by atoms with Crippen LogP contribution >= 0.6 is 43.4 Å². The lowest BCUT2D eigenvalue weighted by molar-refractivity contribution is 1.37. The third-order valence-corrected chi connectivity index (χ3v) is 15.4. The van der Waals surface area contributed by atoms with Crippen molar-refractivity contribution >= 4 is 130 Å². The minimum Gasteiger partial charge on any atom is -0.288 e. The maximum absolute atomic E-state index is 5.61. The van der Waals surface area contributed by atoms with Crippen LogP contribution in [0.1, 0.15) is 11.1 Å². The molecule has 0 spiro atoms. The summed E-state index contributed by atoms with van der Waals surface area (Å²) in [5.41, 5.74) is 7.11. The van der Waals surface area contributed by atoms with Crippen LogP contribution in [0.4, 0.5) is 11.4 Å². The van der Waals surface area contributed by atoms with Crippen molar-refractivity contribution in [2.24, 2.45) is 9.98 Å². The van der Waals surface area contributed by atoms with Gasteiger partial charge in [0.05, 0.1) is 11.4 Å². The highest BCUT2D eigenvalue weighted by molar-refractivity contribution is 14.2. The van der Waals surface area contributed by atoms with Crippen LogP contribution < -0.4 is 4.90 Å². The minimum absolute atomic E-state index is 0.767. The molecule has 0 saturated carbocycles. The first-order valence-corrected chi connectivity index (χ1v) is 21.4. The van der Waals surface area contributed by atoms with Gasteiger partial charge in [-0.25, -0.2) is 9.98 Å². The molecule has 0 unspecified atom stereocenters. The Morgan fingerprint density at radius 1 is 0.453 bits per heavy atom. The lowest BCUT2D eigenvalue weighted by Gasteiger charge is -2.34. The monoisotopic (exact) mass is 823 g/mol. The summed E-state index contributed by atoms with van der Waals surface area (Å²) in [5.74, 6) is 0.767. The second-order valence-electron chi connectivity index (χ2n) is 13.5. The van der Waals surface area contributed by atoms with E-state index in [1.54, 1.807) is 0 Å². The minimum atomic E-state index is -0.824. The zero-order valence-electron chi connectivity index (χ0n) is 28.0. The second-order valence-corrected chi connectivity index (χ2v) is 18.2. The van der Waals surface area contributed by atoms with Crippen LogP contribution in [-0.2, 0) is 0 Å². The highest BCUT2D eigenvalue weighted by atomic mass is 127. The Hall–Kier alpha value is -5.54. The van der Waals surface area contributed by atoms with Crippen LogP contribution in [0.25, 0.3) is 73.0 Å². The highest BCUT2D eigenvalue weighted by Gasteiger charge is 2.31. The first-order valence-electron chi connectivity index (χ1n) is 17.6. The number of fused-ring (bicyclic) bond motifs is 10. The van der Waals surface area contributed by atoms with E-state index in [-0.39, 0.29) is 0 Å². The molecular weight excluding hydrogens is 798 g/mol. The summed E-state index contributed by atoms with van der Waals surface area (Å²) in [5, 5.41) is 10.1. The molecule has 3 nitrogen and oxygen atoms in total. The Bertz CT molecular complexity index is 3310. The molecule has 2 aromatic heterocycles. The number of amidine groups is 2. The van der Waals surface area contributed by atoms with E-state index in [4.69, 9.17) is 9.98 Å². The van der Waals surface area contributed by atoms with Gasteiger partial charge < -0.3 is 0 Å². The predicted molar refractivity (Wildman–Crippen MR) is 240 cm³/mol. The molecule has 4 heterocycles. The van der Waals surface area contributed by atoms with E-state index in [1.165, 1.54) is 90.0 Å². The van der Waals surface area contributed by atoms with Crippen molar-refractivity contribution in [2.75, 3.05) is 4.90 Å². The van der Waals surface area contributed by atoms with E-state index < -0.39 is 20.7 Å². The molecule has 0 amide bonds. The number of hydrogen-bond acceptors (Lipinski definition) is 5. The van der Waals surface area contributed by atoms with Gasteiger partial charge in [0.1, 0.15) is 3.63 Å². The standard InChI is InChI=1S/C47H26IN3S2/c1-2-12-31-27(9-1)19-23-36-35-15-7-10-28-11-8-16-38(43(28)35)51(44(31)36)47-48-45(29-21-24-41-37(25-29)33-14-4-6-18-40(33)52-41)49-46(50-47)30-20-22-34-32-13-3-5-17-39(32)53-42(34)26-30/h1-26H. The highest BCUT2D eigenvalue weighted by Crippen LogP contribution is 2.52. The molecule has 10 aromatic rings. The first-order chi connectivity index (χ1) is 26.2. The number of anilines is 2. The van der Waals surface area contributed by atoms with Crippen LogP contribution in [0.2, 0.25) is 0 Å². The van der Waals surface area contributed by atoms with Crippen molar-refractivity contribution in [3.8, 4) is 11.1 Å². The summed E-state index contributed by atoms with van der Waals surface area (Å²) in [6.07, 6.45) is 0. The van der Waals surface area contributed by atoms with Crippen LogP contribution in [0.15, 0.2) is 168 Å². The van der Waals surface area contributed by atoms with E-state index in [2.05, 4.69) is 163 Å². The molecule has 0 aliphatic carbocycles. The van der Waals surface area contributed by atoms with E-state index in [1.807, 2.05) is 22.7 Å². The van der Waals surface area contributed by atoms with Gasteiger partial charge in [-0.15, -0.1) is 22.7 Å². The molecule has 8 aromatic carbocycles. The van der Waals surface area contributed by atoms with Gasteiger partial charge >= 0.3 is 0 Å². The molecule has 0 fully saturated rings. The Morgan fingerprint density at radius 3 is 2.00 bits per heavy atom. The van der Waals surface area contributed by atoms with Crippen molar-refractivity contribution in [1.82, 2.24) is 0 Å². The number of thiophene rings is 2. The molecule has 0 radical (unpaired) electrons. The number of aliphatic imine (C=N–C) groups is 2. The Labute approximate surface area is 322 Å². The SMILES string of the molecule is c1ccc2c3c(ccc2c1)-c1cccc2cccc(c12)N3C1=NC(c2ccc3c(c2)sc2ccccc23)=NC(c2ccc3sc4ccccc4c3c2)=I1. The van der Waals surface area contributed by atoms with Crippen LogP contribution in [0.5, 0.6) is 0 Å². The van der Waals surface area contributed by atoms with Crippen molar-refractivity contribution in [3.63, 3.8) is 0 Å². The topological polar surface area (TPSA) is 28.0 Å². The Morgan fingerprint density at radius 2 is 1.13 bits per heavy atom. The average Bonchev–Trinajstić information content (AvgIpc) is 3.78. The molecule has 2 aliphatic heterocycles. The van der Waals surface area contributed by atoms with Crippen molar-refractivity contribution in [1.29, 1.82) is 0 Å². The summed E-state index contributed by atoms with van der Waals surface area (Å²) >= 11 is 2.87. The van der Waals surface area contributed by atoms with E-state index in [0.29, 0.717) is 0 Å². The molecule has 248 valence electrons. The molecule has 53 heavy (non-hydrogen) atoms. The fourth-order valence-corrected chi connectivity index (χ4v) is 12.9. The van der Waals surface area contributed by atoms with Gasteiger partial charge in [-0.2, -0.15) is 0 Å². The summed E-state index contributed by atoms with van der Waals surface area (Å²) in [6, 6.07) is 57.9. The smallest absolute Gasteiger partial charge is 0.174 e. The summed E-state index contributed by atoms with van der Waals surface area (Å²) < 4.78 is 7.38. The number of benzene rings is 8. The Kier molecular flexibility index (Phi) is 6.49. The lowest BCUT2D eigenvalue weighted by atomic mass is 9.89.